The predicted molar refractivity (Wildman–Crippen MR) is 76.2 cm³/mol. The summed E-state index contributed by atoms with van der Waals surface area (Å²) in [6.07, 6.45) is 0. The molecular formula is C13H10N2O6S. The first-order valence-electron chi connectivity index (χ1n) is 5.93. The molecule has 1 aromatic heterocycles. The third-order valence-electron chi connectivity index (χ3n) is 3.05. The molecule has 2 rings (SSSR count). The standard InChI is InChI=1S/C13H10N2O6S/c1-6-10(7(2)16)13(17)15-12-8(5-14)3-4-9(11(6)12)21-22(18,19)20/h3-4H,1-2H3,(H,15,17)(H,18,19,20). The lowest BCUT2D eigenvalue weighted by atomic mass is 9.99. The second-order valence-electron chi connectivity index (χ2n) is 4.49. The summed E-state index contributed by atoms with van der Waals surface area (Å²) in [6.45, 7) is 2.60. The number of benzene rings is 1. The normalized spacial score (nSPS) is 11.2. The lowest BCUT2D eigenvalue weighted by Crippen LogP contribution is -2.19. The molecule has 0 spiro atoms. The van der Waals surface area contributed by atoms with E-state index >= 15 is 0 Å². The van der Waals surface area contributed by atoms with Gasteiger partial charge in [0.1, 0.15) is 6.07 Å². The summed E-state index contributed by atoms with van der Waals surface area (Å²) in [5.41, 5.74) is -0.632. The molecule has 2 aromatic rings. The van der Waals surface area contributed by atoms with Crippen LogP contribution in [0.3, 0.4) is 0 Å². The van der Waals surface area contributed by atoms with E-state index in [-0.39, 0.29) is 33.3 Å². The van der Waals surface area contributed by atoms with Crippen LogP contribution >= 0.6 is 0 Å². The summed E-state index contributed by atoms with van der Waals surface area (Å²) in [7, 11) is -4.81. The number of H-pyrrole nitrogens is 1. The minimum absolute atomic E-state index is 0.0242. The summed E-state index contributed by atoms with van der Waals surface area (Å²) in [6, 6.07) is 4.23. The van der Waals surface area contributed by atoms with Crippen LogP contribution in [0.2, 0.25) is 0 Å². The molecule has 0 radical (unpaired) electrons. The van der Waals surface area contributed by atoms with Crippen molar-refractivity contribution in [1.29, 1.82) is 5.26 Å². The Bertz CT molecular complexity index is 998. The van der Waals surface area contributed by atoms with Gasteiger partial charge in [-0.2, -0.15) is 13.7 Å². The van der Waals surface area contributed by atoms with E-state index in [0.29, 0.717) is 0 Å². The number of fused-ring (bicyclic) bond motifs is 1. The van der Waals surface area contributed by atoms with Crippen molar-refractivity contribution >= 4 is 27.1 Å². The van der Waals surface area contributed by atoms with Gasteiger partial charge < -0.3 is 9.17 Å². The van der Waals surface area contributed by atoms with Crippen molar-refractivity contribution in [2.75, 3.05) is 0 Å². The van der Waals surface area contributed by atoms with E-state index in [4.69, 9.17) is 9.81 Å². The Hall–Kier alpha value is -2.70. The van der Waals surface area contributed by atoms with Crippen molar-refractivity contribution in [3.05, 3.63) is 39.2 Å². The van der Waals surface area contributed by atoms with E-state index in [1.165, 1.54) is 19.9 Å². The Morgan fingerprint density at radius 1 is 1.41 bits per heavy atom. The highest BCUT2D eigenvalue weighted by Gasteiger charge is 2.20. The molecule has 0 aliphatic heterocycles. The minimum atomic E-state index is -4.81. The van der Waals surface area contributed by atoms with E-state index in [0.717, 1.165) is 6.07 Å². The van der Waals surface area contributed by atoms with Gasteiger partial charge in [0.25, 0.3) is 5.56 Å². The highest BCUT2D eigenvalue weighted by molar-refractivity contribution is 7.81. The van der Waals surface area contributed by atoms with Crippen LogP contribution in [0.5, 0.6) is 5.75 Å². The van der Waals surface area contributed by atoms with Crippen molar-refractivity contribution in [2.24, 2.45) is 0 Å². The van der Waals surface area contributed by atoms with Gasteiger partial charge in [-0.15, -0.1) is 0 Å². The number of hydrogen-bond donors (Lipinski definition) is 2. The number of aryl methyl sites for hydroxylation is 1. The number of hydrogen-bond acceptors (Lipinski definition) is 6. The Morgan fingerprint density at radius 2 is 2.05 bits per heavy atom. The molecule has 0 atom stereocenters. The molecule has 1 aromatic carbocycles. The molecule has 0 bridgehead atoms. The first-order valence-corrected chi connectivity index (χ1v) is 7.29. The number of rotatable bonds is 3. The SMILES string of the molecule is CC(=O)c1c(C)c2c(OS(=O)(=O)O)ccc(C#N)c2[nH]c1=O. The van der Waals surface area contributed by atoms with Crippen molar-refractivity contribution in [1.82, 2.24) is 4.98 Å². The summed E-state index contributed by atoms with van der Waals surface area (Å²) >= 11 is 0. The summed E-state index contributed by atoms with van der Waals surface area (Å²) in [4.78, 5) is 25.9. The number of aromatic nitrogens is 1. The van der Waals surface area contributed by atoms with Crippen LogP contribution in [0.1, 0.15) is 28.4 Å². The van der Waals surface area contributed by atoms with Crippen molar-refractivity contribution in [3.63, 3.8) is 0 Å². The van der Waals surface area contributed by atoms with Crippen LogP contribution in [0.4, 0.5) is 0 Å². The Labute approximate surface area is 124 Å². The number of ketones is 1. The number of Topliss-reactive ketones (excluding diaryl/α,β-unsaturated/α-hetero) is 1. The first kappa shape index (κ1) is 15.7. The van der Waals surface area contributed by atoms with Gasteiger partial charge in [0.15, 0.2) is 11.5 Å². The fourth-order valence-electron chi connectivity index (χ4n) is 2.26. The third kappa shape index (κ3) is 2.69. The van der Waals surface area contributed by atoms with Crippen molar-refractivity contribution in [3.8, 4) is 11.8 Å². The highest BCUT2D eigenvalue weighted by atomic mass is 32.3. The fourth-order valence-corrected chi connectivity index (χ4v) is 2.62. The van der Waals surface area contributed by atoms with Gasteiger partial charge in [-0.05, 0) is 31.5 Å². The molecule has 0 saturated carbocycles. The highest BCUT2D eigenvalue weighted by Crippen LogP contribution is 2.31. The zero-order valence-electron chi connectivity index (χ0n) is 11.5. The van der Waals surface area contributed by atoms with Crippen molar-refractivity contribution < 1.29 is 21.9 Å². The fraction of sp³-hybridized carbons (Fsp3) is 0.154. The first-order chi connectivity index (χ1) is 10.2. The van der Waals surface area contributed by atoms with Gasteiger partial charge in [0.05, 0.1) is 16.6 Å². The lowest BCUT2D eigenvalue weighted by molar-refractivity contribution is 0.101. The third-order valence-corrected chi connectivity index (χ3v) is 3.44. The van der Waals surface area contributed by atoms with E-state index in [1.807, 2.05) is 6.07 Å². The minimum Gasteiger partial charge on any atom is -0.361 e. The molecule has 1 heterocycles. The number of nitrogens with one attached hydrogen (secondary N) is 1. The number of carbonyl (C=O) groups excluding carboxylic acids is 1. The maximum absolute atomic E-state index is 12.0. The van der Waals surface area contributed by atoms with E-state index in [9.17, 15) is 18.0 Å². The van der Waals surface area contributed by atoms with Gasteiger partial charge >= 0.3 is 10.4 Å². The zero-order valence-corrected chi connectivity index (χ0v) is 12.3. The van der Waals surface area contributed by atoms with E-state index in [2.05, 4.69) is 9.17 Å². The maximum Gasteiger partial charge on any atom is 0.446 e. The molecule has 9 heteroatoms. The van der Waals surface area contributed by atoms with Crippen LogP contribution in [0, 0.1) is 18.3 Å². The molecule has 0 aliphatic carbocycles. The zero-order chi connectivity index (χ0) is 16.7. The average molecular weight is 322 g/mol. The average Bonchev–Trinajstić information content (AvgIpc) is 2.36. The number of aromatic amines is 1. The molecule has 22 heavy (non-hydrogen) atoms. The lowest BCUT2D eigenvalue weighted by Gasteiger charge is -2.11. The largest absolute Gasteiger partial charge is 0.446 e. The van der Waals surface area contributed by atoms with E-state index < -0.39 is 21.7 Å². The number of nitrogens with zero attached hydrogens (tertiary/aromatic N) is 1. The molecule has 2 N–H and O–H groups in total. The van der Waals surface area contributed by atoms with Crippen molar-refractivity contribution in [2.45, 2.75) is 13.8 Å². The molecule has 0 aliphatic rings. The van der Waals surface area contributed by atoms with Crippen LogP contribution in [-0.4, -0.2) is 23.7 Å². The van der Waals surface area contributed by atoms with Gasteiger partial charge in [-0.3, -0.25) is 14.1 Å². The molecular weight excluding hydrogens is 312 g/mol. The second kappa shape index (κ2) is 5.25. The molecule has 114 valence electrons. The topological polar surface area (TPSA) is 137 Å². The van der Waals surface area contributed by atoms with Crippen LogP contribution in [0.25, 0.3) is 10.9 Å². The Morgan fingerprint density at radius 3 is 2.55 bits per heavy atom. The van der Waals surface area contributed by atoms with Gasteiger partial charge in [-0.25, -0.2) is 0 Å². The molecule has 0 unspecified atom stereocenters. The monoisotopic (exact) mass is 322 g/mol. The van der Waals surface area contributed by atoms with Crippen LogP contribution < -0.4 is 9.74 Å². The maximum atomic E-state index is 12.0. The summed E-state index contributed by atoms with van der Waals surface area (Å²) in [5, 5.41) is 9.13. The number of pyridine rings is 1. The molecule has 0 fully saturated rings. The van der Waals surface area contributed by atoms with E-state index in [1.54, 1.807) is 0 Å². The predicted octanol–water partition coefficient (Wildman–Crippen LogP) is 1.09. The van der Waals surface area contributed by atoms with Gasteiger partial charge in [-0.1, -0.05) is 0 Å². The summed E-state index contributed by atoms with van der Waals surface area (Å²) in [5.74, 6) is -0.825. The quantitative estimate of drug-likeness (QED) is 0.637. The van der Waals surface area contributed by atoms with Crippen LogP contribution in [0.15, 0.2) is 16.9 Å². The Kier molecular flexibility index (Phi) is 3.74. The summed E-state index contributed by atoms with van der Waals surface area (Å²) < 4.78 is 35.1. The number of carbonyl (C=O) groups is 1. The number of nitriles is 1. The van der Waals surface area contributed by atoms with Gasteiger partial charge in [0.2, 0.25) is 0 Å². The second-order valence-corrected chi connectivity index (χ2v) is 5.52. The van der Waals surface area contributed by atoms with Gasteiger partial charge in [0, 0.05) is 5.39 Å². The molecule has 0 amide bonds. The van der Waals surface area contributed by atoms with Crippen LogP contribution in [-0.2, 0) is 10.4 Å². The molecule has 8 nitrogen and oxygen atoms in total. The smallest absolute Gasteiger partial charge is 0.361 e. The Balaban J connectivity index is 3.02. The molecule has 0 saturated heterocycles.